The van der Waals surface area contributed by atoms with Crippen LogP contribution in [0, 0.1) is 11.3 Å². The Bertz CT molecular complexity index is 429. The van der Waals surface area contributed by atoms with Crippen LogP contribution in [0.3, 0.4) is 0 Å². The summed E-state index contributed by atoms with van der Waals surface area (Å²) in [5.41, 5.74) is 1.81. The molecule has 2 heteroatoms. The van der Waals surface area contributed by atoms with Crippen LogP contribution in [0.4, 0.5) is 0 Å². The van der Waals surface area contributed by atoms with Gasteiger partial charge in [-0.25, -0.2) is 0 Å². The van der Waals surface area contributed by atoms with Crippen LogP contribution in [-0.4, -0.2) is 19.7 Å². The standard InChI is InChI=1S/C18H29NO/c1-13(18(2,3)4)12-19-16-9-15(10-16)14-7-6-8-17(11-14)20-5/h6-8,11,13,15-16,19H,9-10,12H2,1-5H3. The van der Waals surface area contributed by atoms with E-state index < -0.39 is 0 Å². The van der Waals surface area contributed by atoms with Gasteiger partial charge in [-0.15, -0.1) is 0 Å². The van der Waals surface area contributed by atoms with Crippen molar-refractivity contribution in [3.8, 4) is 5.75 Å². The van der Waals surface area contributed by atoms with Gasteiger partial charge in [-0.3, -0.25) is 0 Å². The number of rotatable bonds is 5. The van der Waals surface area contributed by atoms with Gasteiger partial charge >= 0.3 is 0 Å². The van der Waals surface area contributed by atoms with Gasteiger partial charge < -0.3 is 10.1 Å². The Morgan fingerprint density at radius 1 is 1.30 bits per heavy atom. The van der Waals surface area contributed by atoms with Gasteiger partial charge in [-0.1, -0.05) is 39.8 Å². The first-order valence-corrected chi connectivity index (χ1v) is 7.77. The van der Waals surface area contributed by atoms with Crippen molar-refractivity contribution in [3.05, 3.63) is 29.8 Å². The predicted octanol–water partition coefficient (Wildman–Crippen LogP) is 4.21. The number of ether oxygens (including phenoxy) is 1. The molecule has 1 aromatic rings. The molecule has 0 aromatic heterocycles. The molecule has 1 fully saturated rings. The maximum absolute atomic E-state index is 5.30. The zero-order valence-corrected chi connectivity index (χ0v) is 13.6. The molecule has 1 aromatic carbocycles. The first-order valence-electron chi connectivity index (χ1n) is 7.77. The zero-order chi connectivity index (χ0) is 14.8. The van der Waals surface area contributed by atoms with Crippen molar-refractivity contribution in [3.63, 3.8) is 0 Å². The van der Waals surface area contributed by atoms with Crippen LogP contribution in [-0.2, 0) is 0 Å². The van der Waals surface area contributed by atoms with Gasteiger partial charge in [0, 0.05) is 6.04 Å². The molecule has 20 heavy (non-hydrogen) atoms. The van der Waals surface area contributed by atoms with Crippen LogP contribution >= 0.6 is 0 Å². The summed E-state index contributed by atoms with van der Waals surface area (Å²) in [7, 11) is 1.73. The molecule has 2 nitrogen and oxygen atoms in total. The number of hydrogen-bond acceptors (Lipinski definition) is 2. The highest BCUT2D eigenvalue weighted by molar-refractivity contribution is 5.32. The van der Waals surface area contributed by atoms with E-state index >= 15 is 0 Å². The fraction of sp³-hybridized carbons (Fsp3) is 0.667. The zero-order valence-electron chi connectivity index (χ0n) is 13.6. The smallest absolute Gasteiger partial charge is 0.119 e. The highest BCUT2D eigenvalue weighted by Gasteiger charge is 2.31. The Morgan fingerprint density at radius 3 is 2.60 bits per heavy atom. The molecule has 0 heterocycles. The van der Waals surface area contributed by atoms with E-state index in [1.165, 1.54) is 18.4 Å². The SMILES string of the molecule is COc1cccc(C2CC(NCC(C)C(C)(C)C)C2)c1. The summed E-state index contributed by atoms with van der Waals surface area (Å²) in [4.78, 5) is 0. The Kier molecular flexibility index (Phi) is 4.74. The number of hydrogen-bond donors (Lipinski definition) is 1. The highest BCUT2D eigenvalue weighted by Crippen LogP contribution is 2.38. The van der Waals surface area contributed by atoms with Gasteiger partial charge in [0.25, 0.3) is 0 Å². The quantitative estimate of drug-likeness (QED) is 0.869. The molecule has 0 spiro atoms. The van der Waals surface area contributed by atoms with Crippen LogP contribution in [0.25, 0.3) is 0 Å². The number of nitrogens with one attached hydrogen (secondary N) is 1. The minimum Gasteiger partial charge on any atom is -0.497 e. The van der Waals surface area contributed by atoms with Crippen LogP contribution in [0.2, 0.25) is 0 Å². The largest absolute Gasteiger partial charge is 0.497 e. The van der Waals surface area contributed by atoms with Gasteiger partial charge in [0.2, 0.25) is 0 Å². The van der Waals surface area contributed by atoms with E-state index in [4.69, 9.17) is 4.74 Å². The van der Waals surface area contributed by atoms with E-state index in [1.54, 1.807) is 7.11 Å². The lowest BCUT2D eigenvalue weighted by atomic mass is 9.75. The maximum atomic E-state index is 5.30. The van der Waals surface area contributed by atoms with Crippen LogP contribution < -0.4 is 10.1 Å². The predicted molar refractivity (Wildman–Crippen MR) is 85.4 cm³/mol. The second-order valence-electron chi connectivity index (χ2n) is 7.32. The van der Waals surface area contributed by atoms with Crippen molar-refractivity contribution in [2.24, 2.45) is 11.3 Å². The molecule has 1 atom stereocenters. The van der Waals surface area contributed by atoms with Crippen molar-refractivity contribution < 1.29 is 4.74 Å². The lowest BCUT2D eigenvalue weighted by molar-refractivity contribution is 0.215. The molecule has 0 bridgehead atoms. The molecule has 1 saturated carbocycles. The van der Waals surface area contributed by atoms with E-state index in [-0.39, 0.29) is 0 Å². The highest BCUT2D eigenvalue weighted by atomic mass is 16.5. The van der Waals surface area contributed by atoms with Gasteiger partial charge in [-0.2, -0.15) is 0 Å². The van der Waals surface area contributed by atoms with Gasteiger partial charge in [-0.05, 0) is 54.3 Å². The molecular weight excluding hydrogens is 246 g/mol. The average Bonchev–Trinajstić information content (AvgIpc) is 2.35. The lowest BCUT2D eigenvalue weighted by Gasteiger charge is -2.38. The summed E-state index contributed by atoms with van der Waals surface area (Å²) >= 11 is 0. The van der Waals surface area contributed by atoms with Gasteiger partial charge in [0.1, 0.15) is 5.75 Å². The molecule has 1 unspecified atom stereocenters. The summed E-state index contributed by atoms with van der Waals surface area (Å²) in [5.74, 6) is 2.38. The molecule has 112 valence electrons. The summed E-state index contributed by atoms with van der Waals surface area (Å²) in [5, 5.41) is 3.72. The van der Waals surface area contributed by atoms with E-state index in [2.05, 4.69) is 51.2 Å². The van der Waals surface area contributed by atoms with Crippen molar-refractivity contribution in [2.45, 2.75) is 52.5 Å². The van der Waals surface area contributed by atoms with Crippen LogP contribution in [0.1, 0.15) is 52.0 Å². The molecule has 0 aliphatic heterocycles. The Hall–Kier alpha value is -1.02. The summed E-state index contributed by atoms with van der Waals surface area (Å²) in [6.07, 6.45) is 2.51. The fourth-order valence-corrected chi connectivity index (χ4v) is 2.60. The number of methoxy groups -OCH3 is 1. The maximum Gasteiger partial charge on any atom is 0.119 e. The fourth-order valence-electron chi connectivity index (χ4n) is 2.60. The van der Waals surface area contributed by atoms with Crippen molar-refractivity contribution >= 4 is 0 Å². The second kappa shape index (κ2) is 6.17. The topological polar surface area (TPSA) is 21.3 Å². The van der Waals surface area contributed by atoms with Gasteiger partial charge in [0.05, 0.1) is 7.11 Å². The van der Waals surface area contributed by atoms with E-state index in [1.807, 2.05) is 6.07 Å². The monoisotopic (exact) mass is 275 g/mol. The summed E-state index contributed by atoms with van der Waals surface area (Å²) < 4.78 is 5.30. The molecule has 1 N–H and O–H groups in total. The Labute approximate surface area is 123 Å². The third-order valence-electron chi connectivity index (χ3n) is 4.89. The molecule has 1 aliphatic rings. The average molecular weight is 275 g/mol. The van der Waals surface area contributed by atoms with Gasteiger partial charge in [0.15, 0.2) is 0 Å². The third-order valence-corrected chi connectivity index (χ3v) is 4.89. The first-order chi connectivity index (χ1) is 9.40. The molecule has 0 saturated heterocycles. The summed E-state index contributed by atoms with van der Waals surface area (Å²) in [6.45, 7) is 10.4. The van der Waals surface area contributed by atoms with E-state index in [9.17, 15) is 0 Å². The molecule has 2 rings (SSSR count). The van der Waals surface area contributed by atoms with E-state index in [0.717, 1.165) is 12.3 Å². The van der Waals surface area contributed by atoms with Crippen LogP contribution in [0.5, 0.6) is 5.75 Å². The minimum absolute atomic E-state index is 0.392. The molecule has 1 aliphatic carbocycles. The molecular formula is C18H29NO. The Morgan fingerprint density at radius 2 is 2.00 bits per heavy atom. The van der Waals surface area contributed by atoms with Crippen molar-refractivity contribution in [2.75, 3.05) is 13.7 Å². The minimum atomic E-state index is 0.392. The van der Waals surface area contributed by atoms with Crippen molar-refractivity contribution in [1.29, 1.82) is 0 Å². The molecule has 0 radical (unpaired) electrons. The summed E-state index contributed by atoms with van der Waals surface area (Å²) in [6, 6.07) is 9.20. The third kappa shape index (κ3) is 3.76. The first kappa shape index (κ1) is 15.4. The number of benzene rings is 1. The normalized spacial score (nSPS) is 24.1. The van der Waals surface area contributed by atoms with Crippen LogP contribution in [0.15, 0.2) is 24.3 Å². The second-order valence-corrected chi connectivity index (χ2v) is 7.32. The van der Waals surface area contributed by atoms with E-state index in [0.29, 0.717) is 23.3 Å². The molecule has 0 amide bonds. The lowest BCUT2D eigenvalue weighted by Crippen LogP contribution is -2.43. The Balaban J connectivity index is 1.77. The van der Waals surface area contributed by atoms with Crippen molar-refractivity contribution in [1.82, 2.24) is 5.32 Å².